The summed E-state index contributed by atoms with van der Waals surface area (Å²) in [7, 11) is 0. The zero-order valence-electron chi connectivity index (χ0n) is 10.4. The third-order valence-electron chi connectivity index (χ3n) is 2.80. The van der Waals surface area contributed by atoms with E-state index in [1.807, 2.05) is 18.2 Å². The summed E-state index contributed by atoms with van der Waals surface area (Å²) in [4.78, 5) is 4.52. The summed E-state index contributed by atoms with van der Waals surface area (Å²) in [6.45, 7) is 5.92. The molecule has 2 aromatic rings. The highest BCUT2D eigenvalue weighted by Gasteiger charge is 2.05. The standard InChI is InChI=1S/C15H16N2/c1-10-7-8-11(2)13(9-10)15-6-4-5-14(17-15)12(3)16/h4-9,16H,1-3H3. The molecule has 0 bridgehead atoms. The lowest BCUT2D eigenvalue weighted by molar-refractivity contribution is 1.25. The Kier molecular flexibility index (Phi) is 3.05. The van der Waals surface area contributed by atoms with E-state index in [0.29, 0.717) is 5.71 Å². The largest absolute Gasteiger partial charge is 0.303 e. The van der Waals surface area contributed by atoms with E-state index in [-0.39, 0.29) is 0 Å². The van der Waals surface area contributed by atoms with Gasteiger partial charge in [0.15, 0.2) is 0 Å². The van der Waals surface area contributed by atoms with Gasteiger partial charge in [0.05, 0.1) is 17.1 Å². The van der Waals surface area contributed by atoms with Crippen LogP contribution in [0.2, 0.25) is 0 Å². The van der Waals surface area contributed by atoms with Crippen LogP contribution in [0.5, 0.6) is 0 Å². The molecule has 0 atom stereocenters. The third-order valence-corrected chi connectivity index (χ3v) is 2.80. The van der Waals surface area contributed by atoms with Crippen LogP contribution in [0, 0.1) is 19.3 Å². The molecular formula is C15H16N2. The van der Waals surface area contributed by atoms with Gasteiger partial charge in [-0.2, -0.15) is 0 Å². The van der Waals surface area contributed by atoms with E-state index in [0.717, 1.165) is 17.0 Å². The third kappa shape index (κ3) is 2.41. The maximum atomic E-state index is 7.63. The molecule has 2 nitrogen and oxygen atoms in total. The van der Waals surface area contributed by atoms with Crippen LogP contribution in [0.3, 0.4) is 0 Å². The van der Waals surface area contributed by atoms with Crippen molar-refractivity contribution in [1.29, 1.82) is 5.41 Å². The molecule has 1 heterocycles. The lowest BCUT2D eigenvalue weighted by Crippen LogP contribution is -1.98. The Morgan fingerprint density at radius 2 is 1.88 bits per heavy atom. The molecule has 0 unspecified atom stereocenters. The first kappa shape index (κ1) is 11.5. The zero-order valence-corrected chi connectivity index (χ0v) is 10.4. The lowest BCUT2D eigenvalue weighted by Gasteiger charge is -2.08. The lowest BCUT2D eigenvalue weighted by atomic mass is 10.0. The molecule has 2 heteroatoms. The van der Waals surface area contributed by atoms with Crippen LogP contribution in [0.25, 0.3) is 11.3 Å². The minimum absolute atomic E-state index is 0.497. The van der Waals surface area contributed by atoms with Gasteiger partial charge in [-0.1, -0.05) is 23.8 Å². The van der Waals surface area contributed by atoms with Gasteiger partial charge in [-0.15, -0.1) is 0 Å². The van der Waals surface area contributed by atoms with Crippen LogP contribution in [-0.2, 0) is 0 Å². The van der Waals surface area contributed by atoms with Gasteiger partial charge in [-0.3, -0.25) is 0 Å². The van der Waals surface area contributed by atoms with Crippen molar-refractivity contribution in [3.63, 3.8) is 0 Å². The molecule has 17 heavy (non-hydrogen) atoms. The van der Waals surface area contributed by atoms with Crippen LogP contribution in [0.4, 0.5) is 0 Å². The van der Waals surface area contributed by atoms with Crippen LogP contribution >= 0.6 is 0 Å². The number of nitrogens with zero attached hydrogens (tertiary/aromatic N) is 1. The number of rotatable bonds is 2. The predicted octanol–water partition coefficient (Wildman–Crippen LogP) is 3.75. The smallest absolute Gasteiger partial charge is 0.0841 e. The van der Waals surface area contributed by atoms with Crippen molar-refractivity contribution in [2.75, 3.05) is 0 Å². The number of benzene rings is 1. The van der Waals surface area contributed by atoms with Crippen LogP contribution in [0.1, 0.15) is 23.7 Å². The molecule has 2 rings (SSSR count). The van der Waals surface area contributed by atoms with Crippen molar-refractivity contribution in [3.05, 3.63) is 53.2 Å². The summed E-state index contributed by atoms with van der Waals surface area (Å²) in [6, 6.07) is 12.2. The Labute approximate surface area is 102 Å². The number of nitrogens with one attached hydrogen (secondary N) is 1. The molecule has 0 saturated carbocycles. The maximum Gasteiger partial charge on any atom is 0.0841 e. The molecule has 0 radical (unpaired) electrons. The quantitative estimate of drug-likeness (QED) is 0.775. The molecule has 0 aliphatic carbocycles. The van der Waals surface area contributed by atoms with E-state index >= 15 is 0 Å². The average molecular weight is 224 g/mol. The highest BCUT2D eigenvalue weighted by Crippen LogP contribution is 2.22. The van der Waals surface area contributed by atoms with Gasteiger partial charge in [0, 0.05) is 5.56 Å². The molecule has 1 aromatic carbocycles. The highest BCUT2D eigenvalue weighted by molar-refractivity contribution is 5.94. The van der Waals surface area contributed by atoms with E-state index in [1.54, 1.807) is 6.92 Å². The van der Waals surface area contributed by atoms with Gasteiger partial charge < -0.3 is 5.41 Å². The summed E-state index contributed by atoms with van der Waals surface area (Å²) in [5.41, 5.74) is 5.76. The maximum absolute atomic E-state index is 7.63. The number of pyridine rings is 1. The van der Waals surface area contributed by atoms with E-state index in [9.17, 15) is 0 Å². The monoisotopic (exact) mass is 224 g/mol. The van der Waals surface area contributed by atoms with Crippen molar-refractivity contribution in [2.24, 2.45) is 0 Å². The number of hydrogen-bond donors (Lipinski definition) is 1. The Balaban J connectivity index is 2.56. The molecule has 1 N–H and O–H groups in total. The average Bonchev–Trinajstić information content (AvgIpc) is 2.32. The summed E-state index contributed by atoms with van der Waals surface area (Å²) in [6.07, 6.45) is 0. The normalized spacial score (nSPS) is 10.3. The van der Waals surface area contributed by atoms with Gasteiger partial charge in [0.1, 0.15) is 0 Å². The summed E-state index contributed by atoms with van der Waals surface area (Å²) >= 11 is 0. The minimum Gasteiger partial charge on any atom is -0.303 e. The first-order valence-corrected chi connectivity index (χ1v) is 5.68. The number of hydrogen-bond acceptors (Lipinski definition) is 2. The van der Waals surface area contributed by atoms with E-state index in [2.05, 4.69) is 37.0 Å². The molecule has 0 saturated heterocycles. The van der Waals surface area contributed by atoms with Crippen molar-refractivity contribution < 1.29 is 0 Å². The van der Waals surface area contributed by atoms with Crippen LogP contribution in [-0.4, -0.2) is 10.7 Å². The SMILES string of the molecule is CC(=N)c1cccc(-c2cc(C)ccc2C)n1. The van der Waals surface area contributed by atoms with Gasteiger partial charge in [0.2, 0.25) is 0 Å². The van der Waals surface area contributed by atoms with Gasteiger partial charge in [-0.25, -0.2) is 4.98 Å². The Morgan fingerprint density at radius 3 is 2.59 bits per heavy atom. The summed E-state index contributed by atoms with van der Waals surface area (Å²) in [5.74, 6) is 0. The van der Waals surface area contributed by atoms with Gasteiger partial charge in [-0.05, 0) is 44.5 Å². The first-order valence-electron chi connectivity index (χ1n) is 5.68. The van der Waals surface area contributed by atoms with Crippen molar-refractivity contribution in [3.8, 4) is 11.3 Å². The molecule has 86 valence electrons. The number of aryl methyl sites for hydroxylation is 2. The Morgan fingerprint density at radius 1 is 1.12 bits per heavy atom. The second-order valence-electron chi connectivity index (χ2n) is 4.35. The van der Waals surface area contributed by atoms with Crippen molar-refractivity contribution >= 4 is 5.71 Å². The number of aromatic nitrogens is 1. The molecular weight excluding hydrogens is 208 g/mol. The highest BCUT2D eigenvalue weighted by atomic mass is 14.7. The van der Waals surface area contributed by atoms with Crippen LogP contribution in [0.15, 0.2) is 36.4 Å². The molecule has 0 aliphatic heterocycles. The molecule has 0 fully saturated rings. The minimum atomic E-state index is 0.497. The molecule has 0 aliphatic rings. The van der Waals surface area contributed by atoms with Gasteiger partial charge >= 0.3 is 0 Å². The zero-order chi connectivity index (χ0) is 12.4. The van der Waals surface area contributed by atoms with Gasteiger partial charge in [0.25, 0.3) is 0 Å². The fraction of sp³-hybridized carbons (Fsp3) is 0.200. The van der Waals surface area contributed by atoms with E-state index in [1.165, 1.54) is 11.1 Å². The predicted molar refractivity (Wildman–Crippen MR) is 71.6 cm³/mol. The van der Waals surface area contributed by atoms with Crippen LogP contribution < -0.4 is 0 Å². The first-order chi connectivity index (χ1) is 8.08. The van der Waals surface area contributed by atoms with E-state index in [4.69, 9.17) is 5.41 Å². The molecule has 0 amide bonds. The second-order valence-corrected chi connectivity index (χ2v) is 4.35. The summed E-state index contributed by atoms with van der Waals surface area (Å²) in [5, 5.41) is 7.63. The van der Waals surface area contributed by atoms with Crippen molar-refractivity contribution in [1.82, 2.24) is 4.98 Å². The van der Waals surface area contributed by atoms with E-state index < -0.39 is 0 Å². The van der Waals surface area contributed by atoms with Crippen molar-refractivity contribution in [2.45, 2.75) is 20.8 Å². The summed E-state index contributed by atoms with van der Waals surface area (Å²) < 4.78 is 0. The molecule has 0 spiro atoms. The fourth-order valence-corrected chi connectivity index (χ4v) is 1.81. The Bertz CT molecular complexity index is 571. The Hall–Kier alpha value is -1.96. The fourth-order valence-electron chi connectivity index (χ4n) is 1.81. The molecule has 1 aromatic heterocycles. The second kappa shape index (κ2) is 4.50. The topological polar surface area (TPSA) is 36.7 Å².